The summed E-state index contributed by atoms with van der Waals surface area (Å²) in [4.78, 5) is 20.7. The predicted molar refractivity (Wildman–Crippen MR) is 98.8 cm³/mol. The van der Waals surface area contributed by atoms with Crippen LogP contribution >= 0.6 is 39.3 Å². The van der Waals surface area contributed by atoms with E-state index in [1.807, 2.05) is 26.0 Å². The SMILES string of the molecule is Cc1cc(C)n2nc(SCC(=O)Nc3ccc(Br)cc3Cl)nc2n1. The molecule has 2 heterocycles. The van der Waals surface area contributed by atoms with Crippen LogP contribution in [0.3, 0.4) is 0 Å². The van der Waals surface area contributed by atoms with Crippen LogP contribution in [-0.2, 0) is 4.79 Å². The first-order valence-electron chi connectivity index (χ1n) is 7.01. The third kappa shape index (κ3) is 3.88. The molecule has 0 aliphatic rings. The van der Waals surface area contributed by atoms with Crippen LogP contribution in [0.5, 0.6) is 0 Å². The van der Waals surface area contributed by atoms with Crippen molar-refractivity contribution in [2.45, 2.75) is 19.0 Å². The van der Waals surface area contributed by atoms with Crippen molar-refractivity contribution in [3.05, 3.63) is 45.1 Å². The lowest BCUT2D eigenvalue weighted by Crippen LogP contribution is -2.14. The monoisotopic (exact) mass is 425 g/mol. The highest BCUT2D eigenvalue weighted by atomic mass is 79.9. The van der Waals surface area contributed by atoms with Crippen molar-refractivity contribution in [2.24, 2.45) is 0 Å². The van der Waals surface area contributed by atoms with Crippen LogP contribution in [0.1, 0.15) is 11.4 Å². The average Bonchev–Trinajstić information content (AvgIpc) is 2.91. The number of hydrogen-bond acceptors (Lipinski definition) is 5. The molecule has 0 spiro atoms. The molecular weight excluding hydrogens is 414 g/mol. The molecule has 0 unspecified atom stereocenters. The molecule has 24 heavy (non-hydrogen) atoms. The standard InChI is InChI=1S/C15H13BrClN5OS/c1-8-5-9(2)22-14(18-8)20-15(21-22)24-7-13(23)19-12-4-3-10(16)6-11(12)17/h3-6H,7H2,1-2H3,(H,19,23). The van der Waals surface area contributed by atoms with Crippen LogP contribution in [0.4, 0.5) is 5.69 Å². The summed E-state index contributed by atoms with van der Waals surface area (Å²) in [7, 11) is 0. The van der Waals surface area contributed by atoms with Gasteiger partial charge in [0.15, 0.2) is 0 Å². The van der Waals surface area contributed by atoms with Crippen molar-refractivity contribution in [3.63, 3.8) is 0 Å². The molecule has 0 fully saturated rings. The Kier molecular flexibility index (Phi) is 5.07. The molecule has 0 saturated heterocycles. The number of carbonyl (C=O) groups is 1. The maximum absolute atomic E-state index is 12.1. The zero-order chi connectivity index (χ0) is 17.3. The Bertz CT molecular complexity index is 930. The Labute approximate surface area is 156 Å². The number of thioether (sulfide) groups is 1. The lowest BCUT2D eigenvalue weighted by Gasteiger charge is -2.06. The molecule has 1 aromatic carbocycles. The van der Waals surface area contributed by atoms with E-state index >= 15 is 0 Å². The summed E-state index contributed by atoms with van der Waals surface area (Å²) in [5, 5.41) is 8.11. The molecule has 3 rings (SSSR count). The van der Waals surface area contributed by atoms with E-state index in [0.29, 0.717) is 21.6 Å². The Balaban J connectivity index is 1.67. The highest BCUT2D eigenvalue weighted by Gasteiger charge is 2.11. The quantitative estimate of drug-likeness (QED) is 0.641. The number of carbonyl (C=O) groups excluding carboxylic acids is 1. The summed E-state index contributed by atoms with van der Waals surface area (Å²) < 4.78 is 2.52. The smallest absolute Gasteiger partial charge is 0.253 e. The zero-order valence-corrected chi connectivity index (χ0v) is 16.0. The summed E-state index contributed by atoms with van der Waals surface area (Å²) in [6, 6.07) is 7.21. The fraction of sp³-hybridized carbons (Fsp3) is 0.200. The molecule has 0 aliphatic carbocycles. The first-order chi connectivity index (χ1) is 11.4. The number of aryl methyl sites for hydroxylation is 2. The fourth-order valence-corrected chi connectivity index (χ4v) is 3.45. The van der Waals surface area contributed by atoms with Gasteiger partial charge in [-0.1, -0.05) is 39.3 Å². The van der Waals surface area contributed by atoms with Crippen molar-refractivity contribution in [2.75, 3.05) is 11.1 Å². The molecule has 2 aromatic heterocycles. The highest BCUT2D eigenvalue weighted by molar-refractivity contribution is 9.10. The minimum Gasteiger partial charge on any atom is -0.324 e. The maximum Gasteiger partial charge on any atom is 0.253 e. The Morgan fingerprint density at radius 3 is 2.88 bits per heavy atom. The van der Waals surface area contributed by atoms with Gasteiger partial charge in [-0.05, 0) is 38.1 Å². The number of anilines is 1. The molecule has 0 radical (unpaired) electrons. The summed E-state index contributed by atoms with van der Waals surface area (Å²) in [5.74, 6) is 0.539. The van der Waals surface area contributed by atoms with Crippen LogP contribution in [-0.4, -0.2) is 31.2 Å². The third-order valence-corrected chi connectivity index (χ3v) is 4.78. The number of nitrogens with one attached hydrogen (secondary N) is 1. The molecule has 0 atom stereocenters. The fourth-order valence-electron chi connectivity index (χ4n) is 2.12. The van der Waals surface area contributed by atoms with Crippen molar-refractivity contribution in [1.29, 1.82) is 0 Å². The average molecular weight is 427 g/mol. The van der Waals surface area contributed by atoms with Gasteiger partial charge in [0.1, 0.15) is 0 Å². The molecule has 6 nitrogen and oxygen atoms in total. The molecular formula is C15H13BrClN5OS. The summed E-state index contributed by atoms with van der Waals surface area (Å²) >= 11 is 10.7. The number of rotatable bonds is 4. The lowest BCUT2D eigenvalue weighted by molar-refractivity contribution is -0.113. The van der Waals surface area contributed by atoms with Gasteiger partial charge < -0.3 is 5.32 Å². The number of hydrogen-bond donors (Lipinski definition) is 1. The van der Waals surface area contributed by atoms with Crippen LogP contribution in [0, 0.1) is 13.8 Å². The van der Waals surface area contributed by atoms with E-state index in [4.69, 9.17) is 11.6 Å². The summed E-state index contributed by atoms with van der Waals surface area (Å²) in [6.45, 7) is 3.84. The molecule has 0 bridgehead atoms. The molecule has 1 amide bonds. The van der Waals surface area contributed by atoms with Crippen molar-refractivity contribution < 1.29 is 4.79 Å². The first kappa shape index (κ1) is 17.2. The van der Waals surface area contributed by atoms with E-state index in [9.17, 15) is 4.79 Å². The van der Waals surface area contributed by atoms with Gasteiger partial charge >= 0.3 is 0 Å². The van der Waals surface area contributed by atoms with Gasteiger partial charge in [-0.3, -0.25) is 4.79 Å². The van der Waals surface area contributed by atoms with Gasteiger partial charge in [0.25, 0.3) is 5.78 Å². The topological polar surface area (TPSA) is 72.2 Å². The number of fused-ring (bicyclic) bond motifs is 1. The van der Waals surface area contributed by atoms with E-state index in [0.717, 1.165) is 15.9 Å². The number of amides is 1. The maximum atomic E-state index is 12.1. The van der Waals surface area contributed by atoms with Gasteiger partial charge in [-0.15, -0.1) is 5.10 Å². The number of benzene rings is 1. The predicted octanol–water partition coefficient (Wildman–Crippen LogP) is 3.89. The molecule has 124 valence electrons. The number of nitrogens with zero attached hydrogens (tertiary/aromatic N) is 4. The third-order valence-electron chi connectivity index (χ3n) is 3.14. The minimum absolute atomic E-state index is 0.177. The van der Waals surface area contributed by atoms with E-state index < -0.39 is 0 Å². The van der Waals surface area contributed by atoms with Crippen LogP contribution in [0.2, 0.25) is 5.02 Å². The van der Waals surface area contributed by atoms with Gasteiger partial charge in [0, 0.05) is 15.9 Å². The van der Waals surface area contributed by atoms with E-state index in [1.165, 1.54) is 11.8 Å². The van der Waals surface area contributed by atoms with Crippen LogP contribution in [0.25, 0.3) is 5.78 Å². The Morgan fingerprint density at radius 2 is 2.12 bits per heavy atom. The van der Waals surface area contributed by atoms with E-state index in [1.54, 1.807) is 16.6 Å². The second-order valence-electron chi connectivity index (χ2n) is 5.11. The molecule has 3 aromatic rings. The lowest BCUT2D eigenvalue weighted by atomic mass is 10.3. The van der Waals surface area contributed by atoms with Gasteiger partial charge in [0.2, 0.25) is 11.1 Å². The van der Waals surface area contributed by atoms with Gasteiger partial charge in [-0.25, -0.2) is 9.50 Å². The molecule has 9 heteroatoms. The van der Waals surface area contributed by atoms with Crippen molar-refractivity contribution in [1.82, 2.24) is 19.6 Å². The number of halogens is 2. The highest BCUT2D eigenvalue weighted by Crippen LogP contribution is 2.26. The van der Waals surface area contributed by atoms with Crippen LogP contribution in [0.15, 0.2) is 33.9 Å². The van der Waals surface area contributed by atoms with Gasteiger partial charge in [0.05, 0.1) is 16.5 Å². The van der Waals surface area contributed by atoms with E-state index in [-0.39, 0.29) is 11.7 Å². The van der Waals surface area contributed by atoms with Gasteiger partial charge in [-0.2, -0.15) is 4.98 Å². The van der Waals surface area contributed by atoms with Crippen molar-refractivity contribution in [3.8, 4) is 0 Å². The Hall–Kier alpha value is -1.64. The minimum atomic E-state index is -0.177. The molecule has 0 aliphatic heterocycles. The van der Waals surface area contributed by atoms with Crippen molar-refractivity contribution >= 4 is 56.7 Å². The second kappa shape index (κ2) is 7.08. The molecule has 0 saturated carbocycles. The van der Waals surface area contributed by atoms with E-state index in [2.05, 4.69) is 36.3 Å². The Morgan fingerprint density at radius 1 is 1.33 bits per heavy atom. The van der Waals surface area contributed by atoms with Crippen LogP contribution < -0.4 is 5.32 Å². The zero-order valence-electron chi connectivity index (χ0n) is 12.9. The summed E-state index contributed by atoms with van der Waals surface area (Å²) in [5.41, 5.74) is 2.40. The molecule has 1 N–H and O–H groups in total. The number of aromatic nitrogens is 4. The second-order valence-corrected chi connectivity index (χ2v) is 7.37. The normalized spacial score (nSPS) is 11.0. The largest absolute Gasteiger partial charge is 0.324 e. The first-order valence-corrected chi connectivity index (χ1v) is 9.17. The summed E-state index contributed by atoms with van der Waals surface area (Å²) in [6.07, 6.45) is 0.